The number of aromatic nitrogens is 3. The van der Waals surface area contributed by atoms with Crippen LogP contribution in [0.3, 0.4) is 0 Å². The highest BCUT2D eigenvalue weighted by Gasteiger charge is 2.51. The molecule has 4 nitrogen and oxygen atoms in total. The average molecular weight is 274 g/mol. The van der Waals surface area contributed by atoms with Gasteiger partial charge < -0.3 is 5.73 Å². The van der Waals surface area contributed by atoms with E-state index < -0.39 is 0 Å². The molecule has 5 rings (SSSR count). The van der Waals surface area contributed by atoms with Gasteiger partial charge in [0, 0.05) is 19.5 Å². The van der Waals surface area contributed by atoms with E-state index in [2.05, 4.69) is 10.1 Å². The maximum Gasteiger partial charge on any atom is 0.147 e. The molecule has 4 aliphatic carbocycles. The topological polar surface area (TPSA) is 56.7 Å². The first-order valence-corrected chi connectivity index (χ1v) is 8.23. The summed E-state index contributed by atoms with van der Waals surface area (Å²) in [6, 6.07) is 0. The fourth-order valence-electron chi connectivity index (χ4n) is 5.91. The van der Waals surface area contributed by atoms with E-state index in [1.54, 1.807) is 0 Å². The van der Waals surface area contributed by atoms with Gasteiger partial charge in [-0.2, -0.15) is 5.10 Å². The number of hydrogen-bond acceptors (Lipinski definition) is 3. The lowest BCUT2D eigenvalue weighted by Crippen LogP contribution is -2.48. The minimum atomic E-state index is 0.413. The standard InChI is InChI=1S/C16H26N4/c1-9-18-16(20(2)19-9)14(8-17)15-12-4-10-3-11(6-12)7-13(15)5-10/h10-15H,3-8,17H2,1-2H3. The Morgan fingerprint density at radius 1 is 1.15 bits per heavy atom. The van der Waals surface area contributed by atoms with Gasteiger partial charge in [0.25, 0.3) is 0 Å². The quantitative estimate of drug-likeness (QED) is 0.919. The molecule has 0 aliphatic heterocycles. The lowest BCUT2D eigenvalue weighted by Gasteiger charge is -2.56. The third-order valence-electron chi connectivity index (χ3n) is 6.25. The highest BCUT2D eigenvalue weighted by molar-refractivity contribution is 5.09. The van der Waals surface area contributed by atoms with Crippen molar-refractivity contribution in [3.63, 3.8) is 0 Å². The van der Waals surface area contributed by atoms with Gasteiger partial charge >= 0.3 is 0 Å². The number of aryl methyl sites for hydroxylation is 2. The molecule has 1 aromatic heterocycles. The maximum atomic E-state index is 6.18. The summed E-state index contributed by atoms with van der Waals surface area (Å²) in [4.78, 5) is 4.69. The molecule has 0 radical (unpaired) electrons. The molecule has 110 valence electrons. The van der Waals surface area contributed by atoms with Crippen molar-refractivity contribution < 1.29 is 0 Å². The normalized spacial score (nSPS) is 40.2. The van der Waals surface area contributed by atoms with Crippen LogP contribution in [-0.2, 0) is 7.05 Å². The molecule has 1 aromatic rings. The zero-order chi connectivity index (χ0) is 13.9. The minimum absolute atomic E-state index is 0.413. The predicted octanol–water partition coefficient (Wildman–Crippen LogP) is 2.24. The van der Waals surface area contributed by atoms with Crippen LogP contribution in [0, 0.1) is 36.5 Å². The van der Waals surface area contributed by atoms with Gasteiger partial charge in [-0.3, -0.25) is 4.68 Å². The van der Waals surface area contributed by atoms with Gasteiger partial charge in [0.15, 0.2) is 0 Å². The lowest BCUT2D eigenvalue weighted by atomic mass is 9.49. The molecule has 4 aliphatic rings. The summed E-state index contributed by atoms with van der Waals surface area (Å²) in [5.41, 5.74) is 6.18. The summed E-state index contributed by atoms with van der Waals surface area (Å²) in [6.07, 6.45) is 7.31. The summed E-state index contributed by atoms with van der Waals surface area (Å²) in [5.74, 6) is 7.02. The van der Waals surface area contributed by atoms with Crippen LogP contribution in [0.2, 0.25) is 0 Å². The Morgan fingerprint density at radius 3 is 2.20 bits per heavy atom. The first-order valence-electron chi connectivity index (χ1n) is 8.23. The van der Waals surface area contributed by atoms with Gasteiger partial charge in [-0.05, 0) is 68.6 Å². The summed E-state index contributed by atoms with van der Waals surface area (Å²) in [7, 11) is 2.02. The maximum absolute atomic E-state index is 6.18. The molecule has 4 bridgehead atoms. The lowest BCUT2D eigenvalue weighted by molar-refractivity contribution is -0.0481. The molecule has 0 saturated heterocycles. The van der Waals surface area contributed by atoms with Crippen LogP contribution >= 0.6 is 0 Å². The third-order valence-corrected chi connectivity index (χ3v) is 6.25. The van der Waals surface area contributed by atoms with E-state index in [0.29, 0.717) is 5.92 Å². The molecule has 1 unspecified atom stereocenters. The number of hydrogen-bond donors (Lipinski definition) is 1. The second kappa shape index (κ2) is 4.55. The molecule has 4 fully saturated rings. The molecule has 4 saturated carbocycles. The van der Waals surface area contributed by atoms with Crippen LogP contribution in [-0.4, -0.2) is 21.3 Å². The molecule has 1 heterocycles. The van der Waals surface area contributed by atoms with Gasteiger partial charge in [0.05, 0.1) is 0 Å². The van der Waals surface area contributed by atoms with Crippen molar-refractivity contribution in [2.24, 2.45) is 42.4 Å². The Bertz CT molecular complexity index is 479. The molecular formula is C16H26N4. The van der Waals surface area contributed by atoms with E-state index in [1.165, 1.54) is 32.1 Å². The highest BCUT2D eigenvalue weighted by Crippen LogP contribution is 2.59. The van der Waals surface area contributed by atoms with Gasteiger partial charge in [0.2, 0.25) is 0 Å². The highest BCUT2D eigenvalue weighted by atomic mass is 15.3. The van der Waals surface area contributed by atoms with Crippen LogP contribution in [0.25, 0.3) is 0 Å². The van der Waals surface area contributed by atoms with E-state index >= 15 is 0 Å². The van der Waals surface area contributed by atoms with E-state index in [9.17, 15) is 0 Å². The SMILES string of the molecule is Cc1nc(C(CN)C2C3CC4CC(C3)CC2C4)n(C)n1. The van der Waals surface area contributed by atoms with Crippen molar-refractivity contribution in [3.05, 3.63) is 11.6 Å². The van der Waals surface area contributed by atoms with Crippen LogP contribution in [0.5, 0.6) is 0 Å². The fraction of sp³-hybridized carbons (Fsp3) is 0.875. The van der Waals surface area contributed by atoms with Crippen LogP contribution < -0.4 is 5.73 Å². The number of nitrogens with two attached hydrogens (primary N) is 1. The molecule has 4 heteroatoms. The zero-order valence-corrected chi connectivity index (χ0v) is 12.6. The molecular weight excluding hydrogens is 248 g/mol. The minimum Gasteiger partial charge on any atom is -0.330 e. The van der Waals surface area contributed by atoms with E-state index in [0.717, 1.165) is 47.8 Å². The molecule has 0 spiro atoms. The fourth-order valence-corrected chi connectivity index (χ4v) is 5.91. The van der Waals surface area contributed by atoms with Crippen molar-refractivity contribution in [3.8, 4) is 0 Å². The van der Waals surface area contributed by atoms with Crippen LogP contribution in [0.1, 0.15) is 49.7 Å². The van der Waals surface area contributed by atoms with E-state index in [-0.39, 0.29) is 0 Å². The first-order chi connectivity index (χ1) is 9.65. The predicted molar refractivity (Wildman–Crippen MR) is 78.1 cm³/mol. The Labute approximate surface area is 121 Å². The van der Waals surface area contributed by atoms with Crippen molar-refractivity contribution in [1.82, 2.24) is 14.8 Å². The van der Waals surface area contributed by atoms with Gasteiger partial charge in [-0.15, -0.1) is 0 Å². The van der Waals surface area contributed by atoms with Gasteiger partial charge in [-0.25, -0.2) is 4.98 Å². The largest absolute Gasteiger partial charge is 0.330 e. The molecule has 0 amide bonds. The van der Waals surface area contributed by atoms with Crippen LogP contribution in [0.4, 0.5) is 0 Å². The summed E-state index contributed by atoms with van der Waals surface area (Å²) in [5, 5.41) is 4.44. The van der Waals surface area contributed by atoms with Crippen molar-refractivity contribution in [2.45, 2.75) is 44.9 Å². The molecule has 0 aromatic carbocycles. The van der Waals surface area contributed by atoms with Gasteiger partial charge in [0.1, 0.15) is 11.6 Å². The van der Waals surface area contributed by atoms with Crippen molar-refractivity contribution >= 4 is 0 Å². The Morgan fingerprint density at radius 2 is 1.75 bits per heavy atom. The second-order valence-corrected chi connectivity index (χ2v) is 7.49. The summed E-state index contributed by atoms with van der Waals surface area (Å²) >= 11 is 0. The van der Waals surface area contributed by atoms with Crippen molar-refractivity contribution in [2.75, 3.05) is 6.54 Å². The Kier molecular flexibility index (Phi) is 2.92. The van der Waals surface area contributed by atoms with E-state index in [4.69, 9.17) is 5.73 Å². The smallest absolute Gasteiger partial charge is 0.147 e. The average Bonchev–Trinajstić information content (AvgIpc) is 2.72. The third kappa shape index (κ3) is 1.84. The Hall–Kier alpha value is -0.900. The molecule has 2 N–H and O–H groups in total. The summed E-state index contributed by atoms with van der Waals surface area (Å²) in [6.45, 7) is 2.70. The molecule has 1 atom stereocenters. The van der Waals surface area contributed by atoms with Gasteiger partial charge in [-0.1, -0.05) is 0 Å². The van der Waals surface area contributed by atoms with E-state index in [1.807, 2.05) is 18.7 Å². The number of rotatable bonds is 3. The van der Waals surface area contributed by atoms with Crippen molar-refractivity contribution in [1.29, 1.82) is 0 Å². The number of nitrogens with zero attached hydrogens (tertiary/aromatic N) is 3. The van der Waals surface area contributed by atoms with Crippen LogP contribution in [0.15, 0.2) is 0 Å². The molecule has 20 heavy (non-hydrogen) atoms. The summed E-state index contributed by atoms with van der Waals surface area (Å²) < 4.78 is 1.97. The first kappa shape index (κ1) is 12.8. The second-order valence-electron chi connectivity index (χ2n) is 7.49. The zero-order valence-electron chi connectivity index (χ0n) is 12.6. The Balaban J connectivity index is 1.66. The monoisotopic (exact) mass is 274 g/mol.